The topological polar surface area (TPSA) is 66.2 Å². The van der Waals surface area contributed by atoms with Gasteiger partial charge in [-0.3, -0.25) is 0 Å². The van der Waals surface area contributed by atoms with Crippen LogP contribution in [-0.2, 0) is 17.9 Å². The molecule has 0 bridgehead atoms. The number of esters is 1. The second-order valence-corrected chi connectivity index (χ2v) is 4.69. The Morgan fingerprint density at radius 1 is 1.29 bits per heavy atom. The lowest BCUT2D eigenvalue weighted by molar-refractivity contribution is 0.0595. The van der Waals surface area contributed by atoms with Crippen molar-refractivity contribution in [2.45, 2.75) is 33.9 Å². The van der Waals surface area contributed by atoms with Crippen LogP contribution in [0.1, 0.15) is 34.5 Å². The Morgan fingerprint density at radius 2 is 2.05 bits per heavy atom. The summed E-state index contributed by atoms with van der Waals surface area (Å²) in [6.45, 7) is 6.85. The first-order chi connectivity index (χ1) is 10.1. The number of methoxy groups -OCH3 is 1. The number of hydrogen-bond acceptors (Lipinski definition) is 5. The molecule has 112 valence electrons. The van der Waals surface area contributed by atoms with E-state index in [0.29, 0.717) is 11.3 Å². The summed E-state index contributed by atoms with van der Waals surface area (Å²) in [4.78, 5) is 11.8. The molecule has 0 unspecified atom stereocenters. The molecule has 0 radical (unpaired) electrons. The molecule has 6 nitrogen and oxygen atoms in total. The maximum atomic E-state index is 11.8. The van der Waals surface area contributed by atoms with Gasteiger partial charge in [0.1, 0.15) is 23.7 Å². The zero-order valence-corrected chi connectivity index (χ0v) is 12.7. The van der Waals surface area contributed by atoms with Gasteiger partial charge in [-0.05, 0) is 32.9 Å². The minimum Gasteiger partial charge on any atom is -0.485 e. The largest absolute Gasteiger partial charge is 0.485 e. The van der Waals surface area contributed by atoms with Gasteiger partial charge in [-0.15, -0.1) is 10.2 Å². The zero-order chi connectivity index (χ0) is 15.4. The molecule has 0 spiro atoms. The standard InChI is InChI=1S/C15H19N3O3/c1-5-18-11(3)16-17-14(18)9-21-13-7-6-10(2)8-12(13)15(19)20-4/h6-8H,5,9H2,1-4H3. The van der Waals surface area contributed by atoms with Gasteiger partial charge in [0.05, 0.1) is 7.11 Å². The molecule has 0 saturated heterocycles. The van der Waals surface area contributed by atoms with Gasteiger partial charge < -0.3 is 14.0 Å². The van der Waals surface area contributed by atoms with Gasteiger partial charge in [0, 0.05) is 6.54 Å². The van der Waals surface area contributed by atoms with E-state index in [1.165, 1.54) is 7.11 Å². The highest BCUT2D eigenvalue weighted by atomic mass is 16.5. The van der Waals surface area contributed by atoms with Gasteiger partial charge in [0.15, 0.2) is 5.82 Å². The Kier molecular flexibility index (Phi) is 4.57. The van der Waals surface area contributed by atoms with Crippen LogP contribution in [0.15, 0.2) is 18.2 Å². The van der Waals surface area contributed by atoms with Gasteiger partial charge in [-0.25, -0.2) is 4.79 Å². The molecule has 0 fully saturated rings. The number of benzene rings is 1. The first kappa shape index (κ1) is 15.0. The summed E-state index contributed by atoms with van der Waals surface area (Å²) in [7, 11) is 1.35. The number of rotatable bonds is 5. The fourth-order valence-electron chi connectivity index (χ4n) is 2.12. The molecule has 1 aromatic heterocycles. The molecule has 2 rings (SSSR count). The second-order valence-electron chi connectivity index (χ2n) is 4.69. The summed E-state index contributed by atoms with van der Waals surface area (Å²) in [6, 6.07) is 5.40. The summed E-state index contributed by atoms with van der Waals surface area (Å²) >= 11 is 0. The minimum absolute atomic E-state index is 0.252. The highest BCUT2D eigenvalue weighted by Gasteiger charge is 2.15. The minimum atomic E-state index is -0.415. The quantitative estimate of drug-likeness (QED) is 0.790. The molecule has 0 aliphatic heterocycles. The van der Waals surface area contributed by atoms with E-state index in [4.69, 9.17) is 9.47 Å². The maximum absolute atomic E-state index is 11.8. The Labute approximate surface area is 123 Å². The number of ether oxygens (including phenoxy) is 2. The fraction of sp³-hybridized carbons (Fsp3) is 0.400. The molecular weight excluding hydrogens is 270 g/mol. The van der Waals surface area contributed by atoms with Crippen LogP contribution in [-0.4, -0.2) is 27.8 Å². The van der Waals surface area contributed by atoms with E-state index in [2.05, 4.69) is 10.2 Å². The van der Waals surface area contributed by atoms with Gasteiger partial charge in [0.25, 0.3) is 0 Å². The molecule has 0 amide bonds. The maximum Gasteiger partial charge on any atom is 0.341 e. The lowest BCUT2D eigenvalue weighted by Gasteiger charge is -2.11. The van der Waals surface area contributed by atoms with Gasteiger partial charge in [-0.1, -0.05) is 11.6 Å². The number of nitrogens with zero attached hydrogens (tertiary/aromatic N) is 3. The SMILES string of the molecule is CCn1c(C)nnc1COc1ccc(C)cc1C(=O)OC. The van der Waals surface area contributed by atoms with Crippen LogP contribution in [0.2, 0.25) is 0 Å². The van der Waals surface area contributed by atoms with Crippen molar-refractivity contribution in [2.24, 2.45) is 0 Å². The molecule has 1 heterocycles. The van der Waals surface area contributed by atoms with E-state index in [-0.39, 0.29) is 6.61 Å². The van der Waals surface area contributed by atoms with Crippen LogP contribution in [0.4, 0.5) is 0 Å². The van der Waals surface area contributed by atoms with E-state index in [1.54, 1.807) is 12.1 Å². The predicted molar refractivity (Wildman–Crippen MR) is 77.3 cm³/mol. The molecule has 2 aromatic rings. The number of carbonyl (C=O) groups excluding carboxylic acids is 1. The van der Waals surface area contributed by atoms with Gasteiger partial charge in [0.2, 0.25) is 0 Å². The zero-order valence-electron chi connectivity index (χ0n) is 12.7. The van der Waals surface area contributed by atoms with Crippen LogP contribution in [0.3, 0.4) is 0 Å². The average molecular weight is 289 g/mol. The van der Waals surface area contributed by atoms with E-state index < -0.39 is 5.97 Å². The Bertz CT molecular complexity index is 650. The van der Waals surface area contributed by atoms with Crippen LogP contribution >= 0.6 is 0 Å². The fourth-order valence-corrected chi connectivity index (χ4v) is 2.12. The molecule has 6 heteroatoms. The van der Waals surface area contributed by atoms with Gasteiger partial charge in [-0.2, -0.15) is 0 Å². The molecule has 0 saturated carbocycles. The van der Waals surface area contributed by atoms with Gasteiger partial charge >= 0.3 is 5.97 Å². The molecule has 0 atom stereocenters. The first-order valence-electron chi connectivity index (χ1n) is 6.77. The first-order valence-corrected chi connectivity index (χ1v) is 6.77. The Morgan fingerprint density at radius 3 is 2.71 bits per heavy atom. The third-order valence-electron chi connectivity index (χ3n) is 3.23. The number of aromatic nitrogens is 3. The van der Waals surface area contributed by atoms with Crippen LogP contribution in [0, 0.1) is 13.8 Å². The highest BCUT2D eigenvalue weighted by molar-refractivity contribution is 5.92. The molecule has 0 aliphatic rings. The van der Waals surface area contributed by atoms with Crippen molar-refractivity contribution in [1.82, 2.24) is 14.8 Å². The molecule has 1 aromatic carbocycles. The molecule has 0 N–H and O–H groups in total. The second kappa shape index (κ2) is 6.39. The lowest BCUT2D eigenvalue weighted by Crippen LogP contribution is -2.10. The van der Waals surface area contributed by atoms with E-state index in [9.17, 15) is 4.79 Å². The summed E-state index contributed by atoms with van der Waals surface area (Å²) in [5.41, 5.74) is 1.38. The number of aryl methyl sites for hydroxylation is 2. The lowest BCUT2D eigenvalue weighted by atomic mass is 10.1. The third kappa shape index (κ3) is 3.21. The average Bonchev–Trinajstić information content (AvgIpc) is 2.85. The Balaban J connectivity index is 2.21. The number of carbonyl (C=O) groups is 1. The summed E-state index contributed by atoms with van der Waals surface area (Å²) in [6.07, 6.45) is 0. The van der Waals surface area contributed by atoms with Crippen LogP contribution in [0.25, 0.3) is 0 Å². The summed E-state index contributed by atoms with van der Waals surface area (Å²) in [5.74, 6) is 1.64. The van der Waals surface area contributed by atoms with Crippen LogP contribution in [0.5, 0.6) is 5.75 Å². The number of hydrogen-bond donors (Lipinski definition) is 0. The normalized spacial score (nSPS) is 10.5. The summed E-state index contributed by atoms with van der Waals surface area (Å²) in [5, 5.41) is 8.11. The van der Waals surface area contributed by atoms with Crippen molar-refractivity contribution in [2.75, 3.05) is 7.11 Å². The van der Waals surface area contributed by atoms with Crippen LogP contribution < -0.4 is 4.74 Å². The molecule has 21 heavy (non-hydrogen) atoms. The van der Waals surface area contributed by atoms with E-state index in [1.807, 2.05) is 31.4 Å². The highest BCUT2D eigenvalue weighted by Crippen LogP contribution is 2.22. The van der Waals surface area contributed by atoms with Crippen molar-refractivity contribution < 1.29 is 14.3 Å². The van der Waals surface area contributed by atoms with Crippen molar-refractivity contribution >= 4 is 5.97 Å². The van der Waals surface area contributed by atoms with Crippen molar-refractivity contribution in [1.29, 1.82) is 0 Å². The molecular formula is C15H19N3O3. The van der Waals surface area contributed by atoms with Crippen molar-refractivity contribution in [3.05, 3.63) is 41.0 Å². The van der Waals surface area contributed by atoms with Crippen molar-refractivity contribution in [3.8, 4) is 5.75 Å². The predicted octanol–water partition coefficient (Wildman–Crippen LogP) is 2.28. The van der Waals surface area contributed by atoms with Crippen molar-refractivity contribution in [3.63, 3.8) is 0 Å². The Hall–Kier alpha value is -2.37. The summed E-state index contributed by atoms with van der Waals surface area (Å²) < 4.78 is 12.5. The van der Waals surface area contributed by atoms with E-state index in [0.717, 1.165) is 23.8 Å². The smallest absolute Gasteiger partial charge is 0.341 e. The van der Waals surface area contributed by atoms with E-state index >= 15 is 0 Å². The monoisotopic (exact) mass is 289 g/mol. The third-order valence-corrected chi connectivity index (χ3v) is 3.23. The molecule has 0 aliphatic carbocycles.